The monoisotopic (exact) mass is 297 g/mol. The lowest BCUT2D eigenvalue weighted by Gasteiger charge is -2.09. The van der Waals surface area contributed by atoms with Gasteiger partial charge in [0.25, 0.3) is 0 Å². The molecule has 21 heavy (non-hydrogen) atoms. The summed E-state index contributed by atoms with van der Waals surface area (Å²) in [6, 6.07) is 16.4. The molecule has 0 unspecified atom stereocenters. The van der Waals surface area contributed by atoms with Crippen LogP contribution < -0.4 is 5.32 Å². The van der Waals surface area contributed by atoms with Crippen LogP contribution in [0.25, 0.3) is 10.8 Å². The number of aryl methyl sites for hydroxylation is 1. The molecule has 0 atom stereocenters. The molecular weight excluding hydrogens is 282 g/mol. The molecule has 4 heteroatoms. The van der Waals surface area contributed by atoms with Crippen molar-refractivity contribution >= 4 is 33.9 Å². The number of benzene rings is 2. The summed E-state index contributed by atoms with van der Waals surface area (Å²) < 4.78 is 0. The smallest absolute Gasteiger partial charge is 0.160 e. The molecule has 2 aromatic carbocycles. The summed E-state index contributed by atoms with van der Waals surface area (Å²) in [5.74, 6) is 1.47. The van der Waals surface area contributed by atoms with Crippen molar-refractivity contribution in [2.45, 2.75) is 12.8 Å². The molecular formula is C17H16ClN3. The molecule has 0 radical (unpaired) electrons. The van der Waals surface area contributed by atoms with Crippen LogP contribution in [0.1, 0.15) is 12.0 Å². The second-order valence-electron chi connectivity index (χ2n) is 4.90. The van der Waals surface area contributed by atoms with Crippen molar-refractivity contribution < 1.29 is 0 Å². The Balaban J connectivity index is 1.88. The molecule has 1 aromatic heterocycles. The zero-order valence-electron chi connectivity index (χ0n) is 11.6. The fourth-order valence-corrected chi connectivity index (χ4v) is 2.47. The van der Waals surface area contributed by atoms with Crippen molar-refractivity contribution in [3.05, 3.63) is 60.3 Å². The normalized spacial score (nSPS) is 10.7. The van der Waals surface area contributed by atoms with Crippen LogP contribution in [0.4, 0.5) is 11.5 Å². The molecule has 1 heterocycles. The number of fused-ring (bicyclic) bond motifs is 1. The Labute approximate surface area is 129 Å². The number of nitrogens with one attached hydrogen (secondary N) is 1. The van der Waals surface area contributed by atoms with Crippen LogP contribution >= 0.6 is 11.6 Å². The van der Waals surface area contributed by atoms with Crippen LogP contribution in [-0.2, 0) is 6.42 Å². The molecule has 0 aliphatic rings. The number of aromatic nitrogens is 2. The van der Waals surface area contributed by atoms with Crippen molar-refractivity contribution in [2.24, 2.45) is 0 Å². The van der Waals surface area contributed by atoms with E-state index in [1.165, 1.54) is 5.56 Å². The maximum Gasteiger partial charge on any atom is 0.160 e. The van der Waals surface area contributed by atoms with E-state index in [0.717, 1.165) is 35.1 Å². The van der Waals surface area contributed by atoms with E-state index in [-0.39, 0.29) is 0 Å². The number of alkyl halides is 1. The molecule has 0 aliphatic carbocycles. The minimum Gasteiger partial charge on any atom is -0.338 e. The van der Waals surface area contributed by atoms with Gasteiger partial charge in [0.05, 0.1) is 6.20 Å². The molecule has 0 saturated heterocycles. The fourth-order valence-electron chi connectivity index (χ4n) is 2.33. The van der Waals surface area contributed by atoms with Gasteiger partial charge in [0.15, 0.2) is 5.82 Å². The van der Waals surface area contributed by atoms with Crippen molar-refractivity contribution in [2.75, 3.05) is 11.2 Å². The molecule has 0 bridgehead atoms. The third-order valence-corrected chi connectivity index (χ3v) is 3.63. The number of rotatable bonds is 5. The van der Waals surface area contributed by atoms with Gasteiger partial charge in [-0.25, -0.2) is 0 Å². The SMILES string of the molecule is ClCCCc1cccc(Nc2nncc3ccccc23)c1. The van der Waals surface area contributed by atoms with Crippen LogP contribution in [0.3, 0.4) is 0 Å². The zero-order chi connectivity index (χ0) is 14.5. The highest BCUT2D eigenvalue weighted by Crippen LogP contribution is 2.23. The summed E-state index contributed by atoms with van der Waals surface area (Å²) in [6.07, 6.45) is 3.75. The lowest BCUT2D eigenvalue weighted by atomic mass is 10.1. The highest BCUT2D eigenvalue weighted by molar-refractivity contribution is 6.17. The Morgan fingerprint density at radius 3 is 2.86 bits per heavy atom. The van der Waals surface area contributed by atoms with Crippen LogP contribution in [-0.4, -0.2) is 16.1 Å². The second kappa shape index (κ2) is 6.55. The largest absolute Gasteiger partial charge is 0.338 e. The standard InChI is InChI=1S/C17H16ClN3/c18-10-4-6-13-5-3-8-15(11-13)20-17-16-9-2-1-7-14(16)12-19-21-17/h1-3,5,7-9,11-12H,4,6,10H2,(H,20,21). The number of hydrogen-bond acceptors (Lipinski definition) is 3. The highest BCUT2D eigenvalue weighted by Gasteiger charge is 2.04. The third kappa shape index (κ3) is 3.31. The molecule has 3 rings (SSSR count). The minimum atomic E-state index is 0.687. The van der Waals surface area contributed by atoms with Crippen LogP contribution in [0, 0.1) is 0 Å². The number of halogens is 1. The van der Waals surface area contributed by atoms with Crippen molar-refractivity contribution in [3.8, 4) is 0 Å². The number of anilines is 2. The average Bonchev–Trinajstić information content (AvgIpc) is 2.54. The summed E-state index contributed by atoms with van der Waals surface area (Å²) >= 11 is 5.75. The Kier molecular flexibility index (Phi) is 4.31. The molecule has 3 aromatic rings. The molecule has 1 N–H and O–H groups in total. The van der Waals surface area contributed by atoms with Crippen LogP contribution in [0.2, 0.25) is 0 Å². The predicted octanol–water partition coefficient (Wildman–Crippen LogP) is 4.54. The van der Waals surface area contributed by atoms with Crippen molar-refractivity contribution in [1.82, 2.24) is 10.2 Å². The van der Waals surface area contributed by atoms with Gasteiger partial charge in [0.1, 0.15) is 0 Å². The van der Waals surface area contributed by atoms with Gasteiger partial charge in [-0.3, -0.25) is 0 Å². The summed E-state index contributed by atoms with van der Waals surface area (Å²) in [5, 5.41) is 13.8. The first-order chi connectivity index (χ1) is 10.4. The summed E-state index contributed by atoms with van der Waals surface area (Å²) in [7, 11) is 0. The van der Waals surface area contributed by atoms with Crippen LogP contribution in [0.15, 0.2) is 54.7 Å². The molecule has 106 valence electrons. The van der Waals surface area contributed by atoms with E-state index in [1.54, 1.807) is 6.20 Å². The van der Waals surface area contributed by atoms with E-state index in [4.69, 9.17) is 11.6 Å². The third-order valence-electron chi connectivity index (χ3n) is 3.36. The summed E-state index contributed by atoms with van der Waals surface area (Å²) in [6.45, 7) is 0. The summed E-state index contributed by atoms with van der Waals surface area (Å²) in [4.78, 5) is 0. The maximum atomic E-state index is 5.75. The van der Waals surface area contributed by atoms with Gasteiger partial charge < -0.3 is 5.32 Å². The number of hydrogen-bond donors (Lipinski definition) is 1. The Hall–Kier alpha value is -2.13. The maximum absolute atomic E-state index is 5.75. The van der Waals surface area contributed by atoms with Gasteiger partial charge in [-0.05, 0) is 30.5 Å². The molecule has 0 aliphatic heterocycles. The van der Waals surface area contributed by atoms with E-state index < -0.39 is 0 Å². The summed E-state index contributed by atoms with van der Waals surface area (Å²) in [5.41, 5.74) is 2.29. The first-order valence-corrected chi connectivity index (χ1v) is 7.52. The van der Waals surface area contributed by atoms with E-state index in [0.29, 0.717) is 5.88 Å². The highest BCUT2D eigenvalue weighted by atomic mass is 35.5. The van der Waals surface area contributed by atoms with Gasteiger partial charge in [-0.2, -0.15) is 5.10 Å². The van der Waals surface area contributed by atoms with Crippen molar-refractivity contribution in [1.29, 1.82) is 0 Å². The first-order valence-electron chi connectivity index (χ1n) is 6.99. The van der Waals surface area contributed by atoms with Gasteiger partial charge in [0.2, 0.25) is 0 Å². The lowest BCUT2D eigenvalue weighted by Crippen LogP contribution is -1.97. The van der Waals surface area contributed by atoms with Crippen molar-refractivity contribution in [3.63, 3.8) is 0 Å². The Morgan fingerprint density at radius 1 is 1.05 bits per heavy atom. The first kappa shape index (κ1) is 13.8. The van der Waals surface area contributed by atoms with E-state index in [2.05, 4.69) is 27.6 Å². The molecule has 0 spiro atoms. The van der Waals surface area contributed by atoms with Gasteiger partial charge >= 0.3 is 0 Å². The second-order valence-corrected chi connectivity index (χ2v) is 5.28. The minimum absolute atomic E-state index is 0.687. The molecule has 3 nitrogen and oxygen atoms in total. The Morgan fingerprint density at radius 2 is 1.95 bits per heavy atom. The van der Waals surface area contributed by atoms with Gasteiger partial charge in [0, 0.05) is 22.3 Å². The molecule has 0 fully saturated rings. The Bertz CT molecular complexity index is 737. The van der Waals surface area contributed by atoms with E-state index in [9.17, 15) is 0 Å². The predicted molar refractivity (Wildman–Crippen MR) is 88.3 cm³/mol. The quantitative estimate of drug-likeness (QED) is 0.702. The fraction of sp³-hybridized carbons (Fsp3) is 0.176. The van der Waals surface area contributed by atoms with Gasteiger partial charge in [-0.15, -0.1) is 16.7 Å². The van der Waals surface area contributed by atoms with Gasteiger partial charge in [-0.1, -0.05) is 36.4 Å². The van der Waals surface area contributed by atoms with E-state index >= 15 is 0 Å². The lowest BCUT2D eigenvalue weighted by molar-refractivity contribution is 0.929. The number of nitrogens with zero attached hydrogens (tertiary/aromatic N) is 2. The zero-order valence-corrected chi connectivity index (χ0v) is 12.3. The molecule has 0 amide bonds. The average molecular weight is 298 g/mol. The molecule has 0 saturated carbocycles. The topological polar surface area (TPSA) is 37.8 Å². The van der Waals surface area contributed by atoms with Crippen LogP contribution in [0.5, 0.6) is 0 Å². The van der Waals surface area contributed by atoms with E-state index in [1.807, 2.05) is 36.4 Å².